The van der Waals surface area contributed by atoms with E-state index in [-0.39, 0.29) is 5.91 Å². The molecule has 4 heteroatoms. The Bertz CT molecular complexity index is 746. The van der Waals surface area contributed by atoms with E-state index < -0.39 is 5.41 Å². The van der Waals surface area contributed by atoms with E-state index in [1.165, 1.54) is 11.1 Å². The van der Waals surface area contributed by atoms with E-state index in [1.54, 1.807) is 13.2 Å². The molecule has 0 unspecified atom stereocenters. The lowest BCUT2D eigenvalue weighted by molar-refractivity contribution is -0.123. The molecule has 0 spiro atoms. The number of pyridine rings is 1. The zero-order chi connectivity index (χ0) is 17.9. The molecule has 0 aliphatic heterocycles. The number of anilines is 1. The van der Waals surface area contributed by atoms with Crippen LogP contribution in [-0.2, 0) is 11.2 Å². The van der Waals surface area contributed by atoms with Gasteiger partial charge in [-0.05, 0) is 48.7 Å². The number of ether oxygens (including phenoxy) is 1. The summed E-state index contributed by atoms with van der Waals surface area (Å²) in [6, 6.07) is 9.78. The Morgan fingerprint density at radius 2 is 1.96 bits per heavy atom. The van der Waals surface area contributed by atoms with Gasteiger partial charge in [0.2, 0.25) is 5.91 Å². The van der Waals surface area contributed by atoms with Gasteiger partial charge in [-0.1, -0.05) is 33.8 Å². The first-order valence-corrected chi connectivity index (χ1v) is 8.22. The number of nitrogens with zero attached hydrogens (tertiary/aromatic N) is 1. The highest BCUT2D eigenvalue weighted by Gasteiger charge is 2.21. The molecule has 1 amide bonds. The van der Waals surface area contributed by atoms with Crippen LogP contribution in [0.25, 0.3) is 11.3 Å². The van der Waals surface area contributed by atoms with Crippen LogP contribution in [0.2, 0.25) is 0 Å². The predicted octanol–water partition coefficient (Wildman–Crippen LogP) is 4.61. The third-order valence-corrected chi connectivity index (χ3v) is 3.99. The fourth-order valence-electron chi connectivity index (χ4n) is 2.43. The Kier molecular flexibility index (Phi) is 5.27. The molecule has 0 radical (unpaired) electrons. The molecule has 0 atom stereocenters. The molecule has 0 saturated heterocycles. The minimum atomic E-state index is -0.464. The zero-order valence-corrected chi connectivity index (χ0v) is 15.4. The van der Waals surface area contributed by atoms with E-state index in [4.69, 9.17) is 4.74 Å². The molecule has 0 aliphatic carbocycles. The van der Waals surface area contributed by atoms with E-state index in [1.807, 2.05) is 39.0 Å². The van der Waals surface area contributed by atoms with E-state index in [0.717, 1.165) is 23.4 Å². The number of nitrogens with one attached hydrogen (secondary N) is 1. The summed E-state index contributed by atoms with van der Waals surface area (Å²) in [5.74, 6) is 1.28. The number of amides is 1. The second-order valence-electron chi connectivity index (χ2n) is 6.94. The highest BCUT2D eigenvalue weighted by Crippen LogP contribution is 2.32. The van der Waals surface area contributed by atoms with Crippen LogP contribution in [0, 0.1) is 12.3 Å². The monoisotopic (exact) mass is 326 g/mol. The van der Waals surface area contributed by atoms with Gasteiger partial charge in [0.25, 0.3) is 0 Å². The number of aryl methyl sites for hydroxylation is 2. The number of aromatic nitrogens is 1. The van der Waals surface area contributed by atoms with Gasteiger partial charge in [0, 0.05) is 11.0 Å². The smallest absolute Gasteiger partial charge is 0.230 e. The first-order valence-electron chi connectivity index (χ1n) is 8.22. The maximum Gasteiger partial charge on any atom is 0.230 e. The maximum atomic E-state index is 12.2. The molecule has 128 valence electrons. The Hall–Kier alpha value is -2.36. The summed E-state index contributed by atoms with van der Waals surface area (Å²) in [7, 11) is 1.66. The number of methoxy groups -OCH3 is 1. The van der Waals surface area contributed by atoms with Gasteiger partial charge in [-0.15, -0.1) is 0 Å². The van der Waals surface area contributed by atoms with Crippen LogP contribution < -0.4 is 10.1 Å². The highest BCUT2D eigenvalue weighted by molar-refractivity contribution is 5.94. The molecule has 1 aromatic heterocycles. The van der Waals surface area contributed by atoms with E-state index in [9.17, 15) is 4.79 Å². The van der Waals surface area contributed by atoms with Crippen LogP contribution in [0.4, 0.5) is 5.82 Å². The topological polar surface area (TPSA) is 51.2 Å². The summed E-state index contributed by atoms with van der Waals surface area (Å²) < 4.78 is 5.53. The van der Waals surface area contributed by atoms with Crippen LogP contribution in [-0.4, -0.2) is 18.0 Å². The molecule has 1 aromatic carbocycles. The van der Waals surface area contributed by atoms with Crippen molar-refractivity contribution in [1.82, 2.24) is 4.98 Å². The van der Waals surface area contributed by atoms with E-state index in [2.05, 4.69) is 30.2 Å². The first kappa shape index (κ1) is 18.0. The molecule has 0 bridgehead atoms. The minimum Gasteiger partial charge on any atom is -0.496 e. The van der Waals surface area contributed by atoms with Gasteiger partial charge in [0.15, 0.2) is 0 Å². The summed E-state index contributed by atoms with van der Waals surface area (Å²) >= 11 is 0. The molecule has 2 aromatic rings. The molecule has 0 saturated carbocycles. The second-order valence-corrected chi connectivity index (χ2v) is 6.94. The molecule has 4 nitrogen and oxygen atoms in total. The van der Waals surface area contributed by atoms with Crippen molar-refractivity contribution in [3.8, 4) is 17.0 Å². The summed E-state index contributed by atoms with van der Waals surface area (Å²) in [4.78, 5) is 16.8. The number of hydrogen-bond donors (Lipinski definition) is 1. The Labute approximate surface area is 144 Å². The van der Waals surface area contributed by atoms with Gasteiger partial charge < -0.3 is 10.1 Å². The van der Waals surface area contributed by atoms with Gasteiger partial charge in [-0.25, -0.2) is 4.98 Å². The maximum absolute atomic E-state index is 12.2. The van der Waals surface area contributed by atoms with Crippen molar-refractivity contribution in [3.05, 3.63) is 41.5 Å². The number of hydrogen-bond acceptors (Lipinski definition) is 3. The van der Waals surface area contributed by atoms with Crippen LogP contribution in [0.1, 0.15) is 38.8 Å². The molecule has 2 rings (SSSR count). The fraction of sp³-hybridized carbons (Fsp3) is 0.400. The van der Waals surface area contributed by atoms with Gasteiger partial charge in [0.1, 0.15) is 11.6 Å². The number of benzene rings is 1. The van der Waals surface area contributed by atoms with Crippen LogP contribution >= 0.6 is 0 Å². The lowest BCUT2D eigenvalue weighted by atomic mass is 9.96. The van der Waals surface area contributed by atoms with Crippen LogP contribution in [0.5, 0.6) is 5.75 Å². The molecule has 24 heavy (non-hydrogen) atoms. The molecule has 0 fully saturated rings. The van der Waals surface area contributed by atoms with Crippen molar-refractivity contribution in [3.63, 3.8) is 0 Å². The molecular formula is C20H26N2O2. The summed E-state index contributed by atoms with van der Waals surface area (Å²) in [5, 5.41) is 2.88. The minimum absolute atomic E-state index is 0.0581. The quantitative estimate of drug-likeness (QED) is 0.892. The summed E-state index contributed by atoms with van der Waals surface area (Å²) in [6.07, 6.45) is 0.948. The van der Waals surface area contributed by atoms with Crippen molar-refractivity contribution in [1.29, 1.82) is 0 Å². The van der Waals surface area contributed by atoms with Crippen molar-refractivity contribution in [2.75, 3.05) is 12.4 Å². The number of rotatable bonds is 4. The van der Waals surface area contributed by atoms with E-state index >= 15 is 0 Å². The Balaban J connectivity index is 2.43. The van der Waals surface area contributed by atoms with Gasteiger partial charge in [-0.3, -0.25) is 4.79 Å². The van der Waals surface area contributed by atoms with E-state index in [0.29, 0.717) is 5.82 Å². The number of carbonyl (C=O) groups excluding carboxylic acids is 1. The number of carbonyl (C=O) groups is 1. The van der Waals surface area contributed by atoms with Gasteiger partial charge in [0.05, 0.1) is 12.8 Å². The largest absolute Gasteiger partial charge is 0.496 e. The lowest BCUT2D eigenvalue weighted by Gasteiger charge is -2.18. The second kappa shape index (κ2) is 7.04. The normalized spacial score (nSPS) is 11.2. The zero-order valence-electron chi connectivity index (χ0n) is 15.4. The fourth-order valence-corrected chi connectivity index (χ4v) is 2.43. The molecule has 1 N–H and O–H groups in total. The summed E-state index contributed by atoms with van der Waals surface area (Å²) in [6.45, 7) is 9.85. The lowest BCUT2D eigenvalue weighted by Crippen LogP contribution is -2.28. The molecule has 1 heterocycles. The van der Waals surface area contributed by atoms with Gasteiger partial charge in [-0.2, -0.15) is 0 Å². The standard InChI is InChI=1S/C20H26N2O2/c1-7-14-12-15(17(24-6)11-13(14)2)16-9-8-10-18(21-16)22-19(23)20(3,4)5/h8-12H,7H2,1-6H3,(H,21,22,23). The molecule has 0 aliphatic rings. The average molecular weight is 326 g/mol. The van der Waals surface area contributed by atoms with Crippen molar-refractivity contribution < 1.29 is 9.53 Å². The Morgan fingerprint density at radius 3 is 2.54 bits per heavy atom. The van der Waals surface area contributed by atoms with Crippen LogP contribution in [0.3, 0.4) is 0 Å². The Morgan fingerprint density at radius 1 is 1.25 bits per heavy atom. The van der Waals surface area contributed by atoms with Gasteiger partial charge >= 0.3 is 0 Å². The summed E-state index contributed by atoms with van der Waals surface area (Å²) in [5.41, 5.74) is 3.72. The predicted molar refractivity (Wildman–Crippen MR) is 98.4 cm³/mol. The van der Waals surface area contributed by atoms with Crippen LogP contribution in [0.15, 0.2) is 30.3 Å². The average Bonchev–Trinajstić information content (AvgIpc) is 2.53. The SMILES string of the molecule is CCc1cc(-c2cccc(NC(=O)C(C)(C)C)n2)c(OC)cc1C. The molecular weight excluding hydrogens is 300 g/mol. The first-order chi connectivity index (χ1) is 11.3. The third kappa shape index (κ3) is 3.94. The van der Waals surface area contributed by atoms with Crippen molar-refractivity contribution in [2.45, 2.75) is 41.0 Å². The van der Waals surface area contributed by atoms with Crippen molar-refractivity contribution in [2.24, 2.45) is 5.41 Å². The highest BCUT2D eigenvalue weighted by atomic mass is 16.5. The van der Waals surface area contributed by atoms with Crippen molar-refractivity contribution >= 4 is 11.7 Å². The third-order valence-electron chi connectivity index (χ3n) is 3.99.